The fourth-order valence-corrected chi connectivity index (χ4v) is 3.07. The standard InChI is InChI=1S/C22H34O10S/c1-20(2)22(23)31-18-16-29-14-12-27-10-8-26-9-11-28-13-15-30-17-19-32-33(24,25)21-6-4-3-5-7-21/h3-7H,1,8-19H2,2H3. The van der Waals surface area contributed by atoms with Gasteiger partial charge in [-0.25, -0.2) is 4.79 Å². The molecule has 0 unspecified atom stereocenters. The van der Waals surface area contributed by atoms with E-state index in [4.69, 9.17) is 32.6 Å². The van der Waals surface area contributed by atoms with Gasteiger partial charge in [0.15, 0.2) is 0 Å². The second-order valence-electron chi connectivity index (χ2n) is 6.57. The van der Waals surface area contributed by atoms with E-state index in [1.807, 2.05) is 0 Å². The Morgan fingerprint density at radius 3 is 1.52 bits per heavy atom. The molecule has 0 heterocycles. The molecular formula is C22H34O10S. The Hall–Kier alpha value is -1.86. The summed E-state index contributed by atoms with van der Waals surface area (Å²) in [5.74, 6) is -0.426. The first-order chi connectivity index (χ1) is 15.9. The quantitative estimate of drug-likeness (QED) is 0.109. The number of benzene rings is 1. The average molecular weight is 491 g/mol. The Kier molecular flexibility index (Phi) is 16.4. The fraction of sp³-hybridized carbons (Fsp3) is 0.591. The number of hydrogen-bond acceptors (Lipinski definition) is 10. The average Bonchev–Trinajstić information content (AvgIpc) is 2.80. The summed E-state index contributed by atoms with van der Waals surface area (Å²) in [6, 6.07) is 7.94. The SMILES string of the molecule is C=C(C)C(=O)OCCOCCOCCOCCOCCOCCOS(=O)(=O)c1ccccc1. The van der Waals surface area contributed by atoms with Gasteiger partial charge in [-0.15, -0.1) is 0 Å². The minimum atomic E-state index is -3.75. The fourth-order valence-electron chi connectivity index (χ4n) is 2.16. The molecular weight excluding hydrogens is 456 g/mol. The van der Waals surface area contributed by atoms with Gasteiger partial charge in [0, 0.05) is 5.57 Å². The first kappa shape index (κ1) is 29.2. The highest BCUT2D eigenvalue weighted by Gasteiger charge is 2.13. The van der Waals surface area contributed by atoms with Crippen LogP contribution < -0.4 is 0 Å². The van der Waals surface area contributed by atoms with Crippen LogP contribution in [0, 0.1) is 0 Å². The van der Waals surface area contributed by atoms with Gasteiger partial charge in [-0.2, -0.15) is 8.42 Å². The van der Waals surface area contributed by atoms with Gasteiger partial charge in [-0.05, 0) is 19.1 Å². The van der Waals surface area contributed by atoms with Gasteiger partial charge >= 0.3 is 5.97 Å². The van der Waals surface area contributed by atoms with E-state index in [0.717, 1.165) is 0 Å². The molecule has 0 amide bonds. The second-order valence-corrected chi connectivity index (χ2v) is 8.18. The van der Waals surface area contributed by atoms with Gasteiger partial charge in [-0.3, -0.25) is 4.18 Å². The van der Waals surface area contributed by atoms with Gasteiger partial charge in [0.2, 0.25) is 0 Å². The van der Waals surface area contributed by atoms with E-state index in [2.05, 4.69) is 6.58 Å². The molecule has 0 aliphatic rings. The van der Waals surface area contributed by atoms with Crippen molar-refractivity contribution >= 4 is 16.1 Å². The van der Waals surface area contributed by atoms with Crippen LogP contribution in [0.15, 0.2) is 47.4 Å². The smallest absolute Gasteiger partial charge is 0.333 e. The van der Waals surface area contributed by atoms with Gasteiger partial charge in [-0.1, -0.05) is 24.8 Å². The summed E-state index contributed by atoms with van der Waals surface area (Å²) in [7, 11) is -3.75. The topological polar surface area (TPSA) is 116 Å². The molecule has 1 rings (SSSR count). The second kappa shape index (κ2) is 18.6. The third kappa shape index (κ3) is 15.6. The third-order valence-corrected chi connectivity index (χ3v) is 5.12. The summed E-state index contributed by atoms with van der Waals surface area (Å²) in [6.45, 7) is 8.86. The minimum Gasteiger partial charge on any atom is -0.460 e. The van der Waals surface area contributed by atoms with Crippen molar-refractivity contribution in [1.82, 2.24) is 0 Å². The lowest BCUT2D eigenvalue weighted by Gasteiger charge is -2.08. The Morgan fingerprint density at radius 2 is 1.09 bits per heavy atom. The van der Waals surface area contributed by atoms with Crippen LogP contribution in [0.5, 0.6) is 0 Å². The number of esters is 1. The van der Waals surface area contributed by atoms with Crippen LogP contribution in [0.4, 0.5) is 0 Å². The molecule has 0 aliphatic carbocycles. The number of rotatable bonds is 21. The molecule has 1 aromatic carbocycles. The number of carbonyl (C=O) groups excluding carboxylic acids is 1. The third-order valence-electron chi connectivity index (χ3n) is 3.80. The van der Waals surface area contributed by atoms with Crippen molar-refractivity contribution in [3.8, 4) is 0 Å². The maximum atomic E-state index is 11.9. The van der Waals surface area contributed by atoms with E-state index in [-0.39, 0.29) is 24.7 Å². The van der Waals surface area contributed by atoms with Crippen molar-refractivity contribution in [2.45, 2.75) is 11.8 Å². The molecule has 0 atom stereocenters. The van der Waals surface area contributed by atoms with Crippen molar-refractivity contribution < 1.29 is 45.8 Å². The van der Waals surface area contributed by atoms with Crippen molar-refractivity contribution in [2.24, 2.45) is 0 Å². The van der Waals surface area contributed by atoms with Crippen molar-refractivity contribution in [3.63, 3.8) is 0 Å². The maximum absolute atomic E-state index is 11.9. The molecule has 0 aromatic heterocycles. The normalized spacial score (nSPS) is 11.4. The minimum absolute atomic E-state index is 0.0617. The lowest BCUT2D eigenvalue weighted by molar-refractivity contribution is -0.140. The van der Waals surface area contributed by atoms with Crippen LogP contribution in [0.3, 0.4) is 0 Å². The molecule has 0 aliphatic heterocycles. The molecule has 0 saturated heterocycles. The molecule has 0 radical (unpaired) electrons. The van der Waals surface area contributed by atoms with Crippen LogP contribution in [-0.4, -0.2) is 93.7 Å². The highest BCUT2D eigenvalue weighted by Crippen LogP contribution is 2.10. The Labute approximate surface area is 195 Å². The summed E-state index contributed by atoms with van der Waals surface area (Å²) >= 11 is 0. The summed E-state index contributed by atoms with van der Waals surface area (Å²) in [6.07, 6.45) is 0. The van der Waals surface area contributed by atoms with Gasteiger partial charge < -0.3 is 28.4 Å². The largest absolute Gasteiger partial charge is 0.460 e. The number of carbonyl (C=O) groups is 1. The molecule has 0 fully saturated rings. The molecule has 0 saturated carbocycles. The zero-order valence-electron chi connectivity index (χ0n) is 19.1. The zero-order chi connectivity index (χ0) is 24.2. The molecule has 0 N–H and O–H groups in total. The van der Waals surface area contributed by atoms with Crippen LogP contribution in [0.1, 0.15) is 6.92 Å². The molecule has 33 heavy (non-hydrogen) atoms. The van der Waals surface area contributed by atoms with E-state index in [1.165, 1.54) is 12.1 Å². The highest BCUT2D eigenvalue weighted by molar-refractivity contribution is 7.86. The first-order valence-electron chi connectivity index (χ1n) is 10.6. The van der Waals surface area contributed by atoms with E-state index in [9.17, 15) is 13.2 Å². The molecule has 1 aromatic rings. The summed E-state index contributed by atoms with van der Waals surface area (Å²) < 4.78 is 60.2. The summed E-state index contributed by atoms with van der Waals surface area (Å²) in [4.78, 5) is 11.2. The lowest BCUT2D eigenvalue weighted by atomic mass is 10.4. The number of ether oxygens (including phenoxy) is 6. The van der Waals surface area contributed by atoms with E-state index in [1.54, 1.807) is 25.1 Å². The predicted molar refractivity (Wildman–Crippen MR) is 119 cm³/mol. The molecule has 11 heteroatoms. The zero-order valence-corrected chi connectivity index (χ0v) is 19.9. The summed E-state index contributed by atoms with van der Waals surface area (Å²) in [5.41, 5.74) is 0.358. The van der Waals surface area contributed by atoms with E-state index >= 15 is 0 Å². The molecule has 0 spiro atoms. The van der Waals surface area contributed by atoms with Crippen LogP contribution in [0.25, 0.3) is 0 Å². The van der Waals surface area contributed by atoms with Crippen molar-refractivity contribution in [3.05, 3.63) is 42.5 Å². The maximum Gasteiger partial charge on any atom is 0.333 e. The van der Waals surface area contributed by atoms with E-state index in [0.29, 0.717) is 65.0 Å². The predicted octanol–water partition coefficient (Wildman–Crippen LogP) is 1.59. The van der Waals surface area contributed by atoms with E-state index < -0.39 is 16.1 Å². The van der Waals surface area contributed by atoms with Crippen LogP contribution in [0.2, 0.25) is 0 Å². The first-order valence-corrected chi connectivity index (χ1v) is 12.0. The van der Waals surface area contributed by atoms with Gasteiger partial charge in [0.05, 0.1) is 77.6 Å². The van der Waals surface area contributed by atoms with Crippen molar-refractivity contribution in [2.75, 3.05) is 79.3 Å². The highest BCUT2D eigenvalue weighted by atomic mass is 32.2. The van der Waals surface area contributed by atoms with Crippen molar-refractivity contribution in [1.29, 1.82) is 0 Å². The molecule has 0 bridgehead atoms. The lowest BCUT2D eigenvalue weighted by Crippen LogP contribution is -2.15. The monoisotopic (exact) mass is 490 g/mol. The molecule has 10 nitrogen and oxygen atoms in total. The van der Waals surface area contributed by atoms with Gasteiger partial charge in [0.25, 0.3) is 10.1 Å². The Balaban J connectivity index is 1.79. The molecule has 188 valence electrons. The Bertz CT molecular complexity index is 752. The Morgan fingerprint density at radius 1 is 0.697 bits per heavy atom. The summed E-state index contributed by atoms with van der Waals surface area (Å²) in [5, 5.41) is 0. The van der Waals surface area contributed by atoms with Crippen LogP contribution >= 0.6 is 0 Å². The number of hydrogen-bond donors (Lipinski definition) is 0. The van der Waals surface area contributed by atoms with Crippen LogP contribution in [-0.2, 0) is 47.5 Å². The van der Waals surface area contributed by atoms with Gasteiger partial charge in [0.1, 0.15) is 6.61 Å².